The van der Waals surface area contributed by atoms with Crippen LogP contribution in [0.25, 0.3) is 65.7 Å². The minimum atomic E-state index is -0.178. The van der Waals surface area contributed by atoms with Crippen molar-refractivity contribution >= 4 is 95.0 Å². The van der Waals surface area contributed by atoms with E-state index in [-0.39, 0.29) is 23.0 Å². The van der Waals surface area contributed by atoms with Crippen molar-refractivity contribution in [2.75, 3.05) is 14.7 Å². The van der Waals surface area contributed by atoms with E-state index in [0.717, 1.165) is 67.6 Å². The Hall–Kier alpha value is -9.94. The first-order chi connectivity index (χ1) is 44.9. The molecule has 15 rings (SSSR count). The quantitative estimate of drug-likeness (QED) is 0.126. The van der Waals surface area contributed by atoms with Gasteiger partial charge in [0.2, 0.25) is 0 Å². The number of benzene rings is 12. The third kappa shape index (κ3) is 10.6. The molecule has 0 radical (unpaired) electrons. The number of para-hydroxylation sites is 1. The van der Waals surface area contributed by atoms with Crippen LogP contribution in [-0.4, -0.2) is 6.71 Å². The fourth-order valence-electron chi connectivity index (χ4n) is 14.6. The van der Waals surface area contributed by atoms with E-state index in [0.29, 0.717) is 0 Å². The molecular formula is C88H78BN3S. The molecule has 5 heteroatoms. The molecule has 0 amide bonds. The van der Waals surface area contributed by atoms with E-state index in [2.05, 4.69) is 364 Å². The maximum absolute atomic E-state index is 2.65. The van der Waals surface area contributed by atoms with E-state index in [1.165, 1.54) is 92.8 Å². The summed E-state index contributed by atoms with van der Waals surface area (Å²) >= 11 is 1.96. The van der Waals surface area contributed by atoms with E-state index in [1.54, 1.807) is 0 Å². The Bertz CT molecular complexity index is 4950. The molecule has 0 fully saturated rings. The molecule has 93 heavy (non-hydrogen) atoms. The largest absolute Gasteiger partial charge is 0.311 e. The van der Waals surface area contributed by atoms with Gasteiger partial charge >= 0.3 is 0 Å². The van der Waals surface area contributed by atoms with Gasteiger partial charge in [-0.1, -0.05) is 263 Å². The molecule has 3 heterocycles. The monoisotopic (exact) mass is 1220 g/mol. The number of hydrogen-bond acceptors (Lipinski definition) is 4. The fourth-order valence-corrected chi connectivity index (χ4v) is 15.8. The number of fused-ring (bicyclic) bond motifs is 6. The maximum Gasteiger partial charge on any atom is 0.264 e. The van der Waals surface area contributed by atoms with Crippen LogP contribution in [0.4, 0.5) is 51.2 Å². The van der Waals surface area contributed by atoms with Crippen LogP contribution in [0.15, 0.2) is 273 Å². The summed E-state index contributed by atoms with van der Waals surface area (Å²) in [5.41, 5.74) is 30.9. The molecule has 2 aliphatic rings. The van der Waals surface area contributed by atoms with Gasteiger partial charge in [0.05, 0.1) is 17.1 Å². The molecule has 0 unspecified atom stereocenters. The lowest BCUT2D eigenvalue weighted by Crippen LogP contribution is -2.60. The SMILES string of the molecule is Cc1cccc(C)c1-c1ccc2sc3c(c2c1)N(c1ccc(C(C)(C)C)cc1)c1cc(-c2ccccc2-c2ccccc2)cc2c1B3c1cc(-c3ccccc3)c(N(c3ccc(C(C)(C)C)cc3)c3ccccc3-c3ccccc3)cc1N2c1ccc(C(C)(C)C)cc1. The normalized spacial score (nSPS) is 12.8. The van der Waals surface area contributed by atoms with E-state index in [1.807, 2.05) is 11.3 Å². The fraction of sp³-hybridized carbons (Fsp3) is 0.159. The Morgan fingerprint density at radius 2 is 0.817 bits per heavy atom. The average Bonchev–Trinajstić information content (AvgIpc) is 1.68. The lowest BCUT2D eigenvalue weighted by molar-refractivity contribution is 0.590. The number of aryl methyl sites for hydroxylation is 2. The Balaban J connectivity index is 1.11. The number of rotatable bonds is 10. The third-order valence-electron chi connectivity index (χ3n) is 19.4. The van der Waals surface area contributed by atoms with Crippen LogP contribution >= 0.6 is 11.3 Å². The minimum Gasteiger partial charge on any atom is -0.311 e. The Morgan fingerprint density at radius 3 is 1.37 bits per heavy atom. The predicted molar refractivity (Wildman–Crippen MR) is 403 cm³/mol. The van der Waals surface area contributed by atoms with Crippen LogP contribution in [0.1, 0.15) is 90.1 Å². The van der Waals surface area contributed by atoms with Gasteiger partial charge in [-0.25, -0.2) is 0 Å². The highest BCUT2D eigenvalue weighted by atomic mass is 32.1. The molecule has 454 valence electrons. The smallest absolute Gasteiger partial charge is 0.264 e. The topological polar surface area (TPSA) is 9.72 Å². The molecule has 0 atom stereocenters. The zero-order valence-electron chi connectivity index (χ0n) is 55.3. The van der Waals surface area contributed by atoms with Crippen molar-refractivity contribution in [3.8, 4) is 55.6 Å². The molecule has 3 nitrogen and oxygen atoms in total. The van der Waals surface area contributed by atoms with Crippen molar-refractivity contribution in [3.63, 3.8) is 0 Å². The first kappa shape index (κ1) is 59.4. The van der Waals surface area contributed by atoms with Crippen molar-refractivity contribution in [2.45, 2.75) is 92.4 Å². The molecular weight excluding hydrogens is 1140 g/mol. The second-order valence-corrected chi connectivity index (χ2v) is 29.7. The van der Waals surface area contributed by atoms with E-state index < -0.39 is 0 Å². The first-order valence-corrected chi connectivity index (χ1v) is 33.7. The van der Waals surface area contributed by atoms with Crippen LogP contribution < -0.4 is 30.4 Å². The summed E-state index contributed by atoms with van der Waals surface area (Å²) in [6.07, 6.45) is 0. The molecule has 2 aliphatic heterocycles. The van der Waals surface area contributed by atoms with Gasteiger partial charge < -0.3 is 14.7 Å². The standard InChI is InChI=1S/C88H78BN3S/c1-57-26-25-27-58(2)82(57)62-38-51-81-74(52-62)84-85(93-81)89-75-55-73(61-32-19-14-20-33-61)77(90(67-45-39-64(40-46-67)86(3,4)5)76-37-24-23-36-72(76)60-30-17-13-18-31-60)56-78(75)91(68-47-41-65(42-48-68)87(6,7)8)79-53-63(71-35-22-21-34-70(71)59-28-15-12-16-29-59)54-80(83(79)89)92(84)69-49-43-66(44-50-69)88(9,10)11/h12-56H,1-11H3. The second kappa shape index (κ2) is 23.0. The summed E-state index contributed by atoms with van der Waals surface area (Å²) in [4.78, 5) is 7.84. The van der Waals surface area contributed by atoms with Crippen LogP contribution in [-0.2, 0) is 16.2 Å². The molecule has 0 N–H and O–H groups in total. The van der Waals surface area contributed by atoms with Gasteiger partial charge in [0.25, 0.3) is 6.71 Å². The molecule has 0 saturated heterocycles. The molecule has 0 spiro atoms. The summed E-state index contributed by atoms with van der Waals surface area (Å²) in [6, 6.07) is 104. The Kier molecular flexibility index (Phi) is 14.7. The van der Waals surface area contributed by atoms with Gasteiger partial charge in [0.15, 0.2) is 0 Å². The Labute approximate surface area is 555 Å². The molecule has 1 aromatic heterocycles. The molecule has 0 aliphatic carbocycles. The van der Waals surface area contributed by atoms with Gasteiger partial charge in [0, 0.05) is 60.1 Å². The van der Waals surface area contributed by atoms with E-state index in [4.69, 9.17) is 0 Å². The van der Waals surface area contributed by atoms with Crippen molar-refractivity contribution in [1.82, 2.24) is 0 Å². The van der Waals surface area contributed by atoms with E-state index >= 15 is 0 Å². The highest BCUT2D eigenvalue weighted by molar-refractivity contribution is 7.33. The van der Waals surface area contributed by atoms with Crippen molar-refractivity contribution in [3.05, 3.63) is 301 Å². The Morgan fingerprint density at radius 1 is 0.355 bits per heavy atom. The van der Waals surface area contributed by atoms with Crippen LogP contribution in [0.3, 0.4) is 0 Å². The third-order valence-corrected chi connectivity index (χ3v) is 20.6. The minimum absolute atomic E-state index is 0.0383. The number of nitrogens with zero attached hydrogens (tertiary/aromatic N) is 3. The van der Waals surface area contributed by atoms with Gasteiger partial charge in [-0.3, -0.25) is 0 Å². The number of anilines is 9. The predicted octanol–water partition coefficient (Wildman–Crippen LogP) is 23.3. The van der Waals surface area contributed by atoms with Crippen molar-refractivity contribution in [2.24, 2.45) is 0 Å². The summed E-state index contributed by atoms with van der Waals surface area (Å²) in [5.74, 6) is 0. The average molecular weight is 1220 g/mol. The summed E-state index contributed by atoms with van der Waals surface area (Å²) in [5, 5.41) is 1.25. The first-order valence-electron chi connectivity index (χ1n) is 32.9. The number of hydrogen-bond donors (Lipinski definition) is 0. The number of thiophene rings is 1. The zero-order valence-corrected chi connectivity index (χ0v) is 56.1. The van der Waals surface area contributed by atoms with Crippen molar-refractivity contribution in [1.29, 1.82) is 0 Å². The van der Waals surface area contributed by atoms with Gasteiger partial charge in [0.1, 0.15) is 0 Å². The molecule has 0 saturated carbocycles. The van der Waals surface area contributed by atoms with Gasteiger partial charge in [-0.05, 0) is 186 Å². The highest BCUT2D eigenvalue weighted by Gasteiger charge is 2.47. The maximum atomic E-state index is 2.65. The van der Waals surface area contributed by atoms with Gasteiger partial charge in [-0.15, -0.1) is 11.3 Å². The summed E-state index contributed by atoms with van der Waals surface area (Å²) in [6.45, 7) is 25.1. The lowest BCUT2D eigenvalue weighted by Gasteiger charge is -2.44. The van der Waals surface area contributed by atoms with Crippen LogP contribution in [0.2, 0.25) is 0 Å². The highest BCUT2D eigenvalue weighted by Crippen LogP contribution is 2.54. The van der Waals surface area contributed by atoms with Gasteiger partial charge in [-0.2, -0.15) is 0 Å². The van der Waals surface area contributed by atoms with Crippen LogP contribution in [0.5, 0.6) is 0 Å². The molecule has 12 aromatic carbocycles. The summed E-state index contributed by atoms with van der Waals surface area (Å²) < 4.78 is 2.59. The lowest BCUT2D eigenvalue weighted by atomic mass is 9.36. The van der Waals surface area contributed by atoms with E-state index in [9.17, 15) is 0 Å². The second-order valence-electron chi connectivity index (χ2n) is 28.6. The van der Waals surface area contributed by atoms with Crippen molar-refractivity contribution < 1.29 is 0 Å². The van der Waals surface area contributed by atoms with Crippen LogP contribution in [0, 0.1) is 13.8 Å². The summed E-state index contributed by atoms with van der Waals surface area (Å²) in [7, 11) is 0. The zero-order chi connectivity index (χ0) is 64.1. The molecule has 0 bridgehead atoms. The molecule has 13 aromatic rings.